The summed E-state index contributed by atoms with van der Waals surface area (Å²) in [6.07, 6.45) is 5.24. The van der Waals surface area contributed by atoms with Gasteiger partial charge in [0.1, 0.15) is 0 Å². The van der Waals surface area contributed by atoms with Crippen LogP contribution in [0.25, 0.3) is 0 Å². The van der Waals surface area contributed by atoms with Crippen molar-refractivity contribution in [1.82, 2.24) is 0 Å². The molecule has 0 N–H and O–H groups in total. The molecule has 1 aromatic rings. The van der Waals surface area contributed by atoms with Crippen LogP contribution in [-0.2, 0) is 0 Å². The summed E-state index contributed by atoms with van der Waals surface area (Å²) in [6, 6.07) is 5.36. The van der Waals surface area contributed by atoms with E-state index in [1.807, 2.05) is 0 Å². The minimum atomic E-state index is 0.210. The monoisotopic (exact) mass is 330 g/mol. The van der Waals surface area contributed by atoms with Gasteiger partial charge in [0.2, 0.25) is 0 Å². The van der Waals surface area contributed by atoms with E-state index in [1.165, 1.54) is 12.8 Å². The summed E-state index contributed by atoms with van der Waals surface area (Å²) >= 11 is 9.29. The van der Waals surface area contributed by atoms with Gasteiger partial charge in [-0.05, 0) is 40.0 Å². The van der Waals surface area contributed by atoms with Gasteiger partial charge >= 0.3 is 0 Å². The van der Waals surface area contributed by atoms with Crippen LogP contribution in [0.15, 0.2) is 22.7 Å². The first-order valence-corrected chi connectivity index (χ1v) is 7.73. The molecule has 0 bridgehead atoms. The zero-order valence-corrected chi connectivity index (χ0v) is 13.4. The van der Waals surface area contributed by atoms with Crippen LogP contribution in [0, 0.1) is 5.92 Å². The molecular weight excluding hydrogens is 312 g/mol. The van der Waals surface area contributed by atoms with Gasteiger partial charge in [-0.1, -0.05) is 51.1 Å². The lowest BCUT2D eigenvalue weighted by molar-refractivity contribution is 0.0956. The van der Waals surface area contributed by atoms with E-state index >= 15 is 0 Å². The summed E-state index contributed by atoms with van der Waals surface area (Å²) < 4.78 is 0.797. The molecule has 100 valence electrons. The Bertz CT molecular complexity index is 403. The third-order valence-electron chi connectivity index (χ3n) is 3.25. The van der Waals surface area contributed by atoms with E-state index < -0.39 is 0 Å². The standard InChI is InChI=1S/C15H20BrClO/c1-3-5-6-11(4-2)9-15(18)13-8-7-12(17)10-14(13)16/h7-8,10-11H,3-6,9H2,1-2H3. The third-order valence-corrected chi connectivity index (χ3v) is 4.14. The highest BCUT2D eigenvalue weighted by Crippen LogP contribution is 2.25. The molecule has 0 saturated carbocycles. The summed E-state index contributed by atoms with van der Waals surface area (Å²) in [5, 5.41) is 0.649. The highest BCUT2D eigenvalue weighted by atomic mass is 79.9. The Morgan fingerprint density at radius 3 is 2.67 bits per heavy atom. The van der Waals surface area contributed by atoms with Crippen LogP contribution in [-0.4, -0.2) is 5.78 Å². The number of benzene rings is 1. The molecule has 1 atom stereocenters. The first-order valence-electron chi connectivity index (χ1n) is 6.56. The Morgan fingerprint density at radius 1 is 1.39 bits per heavy atom. The van der Waals surface area contributed by atoms with Crippen molar-refractivity contribution < 1.29 is 4.79 Å². The van der Waals surface area contributed by atoms with E-state index in [9.17, 15) is 4.79 Å². The predicted molar refractivity (Wildman–Crippen MR) is 81.4 cm³/mol. The van der Waals surface area contributed by atoms with Crippen molar-refractivity contribution in [2.24, 2.45) is 5.92 Å². The molecule has 0 fully saturated rings. The van der Waals surface area contributed by atoms with E-state index in [0.29, 0.717) is 17.4 Å². The summed E-state index contributed by atoms with van der Waals surface area (Å²) in [5.74, 6) is 0.710. The quantitative estimate of drug-likeness (QED) is 0.569. The molecule has 3 heteroatoms. The first kappa shape index (κ1) is 15.7. The van der Waals surface area contributed by atoms with Crippen LogP contribution in [0.4, 0.5) is 0 Å². The number of hydrogen-bond donors (Lipinski definition) is 0. The number of unbranched alkanes of at least 4 members (excludes halogenated alkanes) is 1. The Balaban J connectivity index is 2.68. The van der Waals surface area contributed by atoms with Crippen LogP contribution in [0.1, 0.15) is 56.3 Å². The van der Waals surface area contributed by atoms with Gasteiger partial charge in [-0.2, -0.15) is 0 Å². The van der Waals surface area contributed by atoms with Crippen molar-refractivity contribution in [3.05, 3.63) is 33.3 Å². The van der Waals surface area contributed by atoms with Gasteiger partial charge in [-0.3, -0.25) is 4.79 Å². The highest BCUT2D eigenvalue weighted by molar-refractivity contribution is 9.10. The fourth-order valence-corrected chi connectivity index (χ4v) is 2.93. The number of rotatable bonds is 7. The molecule has 0 aliphatic carbocycles. The lowest BCUT2D eigenvalue weighted by atomic mass is 9.91. The Morgan fingerprint density at radius 2 is 2.11 bits per heavy atom. The smallest absolute Gasteiger partial charge is 0.164 e. The van der Waals surface area contributed by atoms with Crippen molar-refractivity contribution in [2.45, 2.75) is 46.0 Å². The van der Waals surface area contributed by atoms with Gasteiger partial charge in [0.05, 0.1) is 0 Å². The van der Waals surface area contributed by atoms with Gasteiger partial charge < -0.3 is 0 Å². The lowest BCUT2D eigenvalue weighted by Gasteiger charge is -2.14. The molecular formula is C15H20BrClO. The molecule has 1 nitrogen and oxygen atoms in total. The predicted octanol–water partition coefficient (Wildman–Crippen LogP) is 5.89. The van der Waals surface area contributed by atoms with Crippen molar-refractivity contribution in [2.75, 3.05) is 0 Å². The molecule has 0 amide bonds. The topological polar surface area (TPSA) is 17.1 Å². The molecule has 0 radical (unpaired) electrons. The van der Waals surface area contributed by atoms with Gasteiger partial charge in [-0.25, -0.2) is 0 Å². The number of hydrogen-bond acceptors (Lipinski definition) is 1. The fraction of sp³-hybridized carbons (Fsp3) is 0.533. The SMILES string of the molecule is CCCCC(CC)CC(=O)c1ccc(Cl)cc1Br. The minimum Gasteiger partial charge on any atom is -0.294 e. The maximum atomic E-state index is 12.2. The summed E-state index contributed by atoms with van der Waals surface area (Å²) in [7, 11) is 0. The van der Waals surface area contributed by atoms with Crippen molar-refractivity contribution in [1.29, 1.82) is 0 Å². The number of Topliss-reactive ketones (excluding diaryl/α,β-unsaturated/α-hetero) is 1. The average molecular weight is 332 g/mol. The zero-order chi connectivity index (χ0) is 13.5. The van der Waals surface area contributed by atoms with E-state index in [2.05, 4.69) is 29.8 Å². The van der Waals surface area contributed by atoms with Gasteiger partial charge in [0.25, 0.3) is 0 Å². The largest absolute Gasteiger partial charge is 0.294 e. The van der Waals surface area contributed by atoms with Crippen molar-refractivity contribution in [3.63, 3.8) is 0 Å². The first-order chi connectivity index (χ1) is 8.58. The molecule has 0 aromatic heterocycles. The molecule has 0 aliphatic heterocycles. The van der Waals surface area contributed by atoms with Crippen LogP contribution in [0.3, 0.4) is 0 Å². The Kier molecular flexibility index (Phi) is 6.95. The number of carbonyl (C=O) groups excluding carboxylic acids is 1. The molecule has 1 rings (SSSR count). The molecule has 1 unspecified atom stereocenters. The third kappa shape index (κ3) is 4.74. The molecule has 0 spiro atoms. The van der Waals surface area contributed by atoms with Gasteiger partial charge in [0, 0.05) is 21.5 Å². The van der Waals surface area contributed by atoms with E-state index in [0.717, 1.165) is 22.9 Å². The summed E-state index contributed by atoms with van der Waals surface area (Å²) in [6.45, 7) is 4.34. The second-order valence-corrected chi connectivity index (χ2v) is 5.96. The summed E-state index contributed by atoms with van der Waals surface area (Å²) in [4.78, 5) is 12.2. The van der Waals surface area contributed by atoms with Crippen molar-refractivity contribution >= 4 is 33.3 Å². The molecule has 1 aromatic carbocycles. The Hall–Kier alpha value is -0.340. The Labute approximate surface area is 123 Å². The van der Waals surface area contributed by atoms with Gasteiger partial charge in [-0.15, -0.1) is 0 Å². The highest BCUT2D eigenvalue weighted by Gasteiger charge is 2.15. The molecule has 0 saturated heterocycles. The maximum absolute atomic E-state index is 12.2. The van der Waals surface area contributed by atoms with Crippen LogP contribution in [0.5, 0.6) is 0 Å². The second-order valence-electron chi connectivity index (χ2n) is 4.67. The molecule has 18 heavy (non-hydrogen) atoms. The maximum Gasteiger partial charge on any atom is 0.164 e. The molecule has 0 heterocycles. The van der Waals surface area contributed by atoms with Crippen molar-refractivity contribution in [3.8, 4) is 0 Å². The zero-order valence-electron chi connectivity index (χ0n) is 11.0. The minimum absolute atomic E-state index is 0.210. The van der Waals surface area contributed by atoms with Crippen LogP contribution < -0.4 is 0 Å². The normalized spacial score (nSPS) is 12.4. The summed E-state index contributed by atoms with van der Waals surface area (Å²) in [5.41, 5.74) is 0.745. The lowest BCUT2D eigenvalue weighted by Crippen LogP contribution is -2.09. The fourth-order valence-electron chi connectivity index (χ4n) is 2.03. The van der Waals surface area contributed by atoms with Gasteiger partial charge in [0.15, 0.2) is 5.78 Å². The number of ketones is 1. The number of carbonyl (C=O) groups is 1. The van der Waals surface area contributed by atoms with E-state index in [1.54, 1.807) is 18.2 Å². The van der Waals surface area contributed by atoms with Crippen LogP contribution in [0.2, 0.25) is 5.02 Å². The molecule has 0 aliphatic rings. The second kappa shape index (κ2) is 7.96. The van der Waals surface area contributed by atoms with E-state index in [-0.39, 0.29) is 5.78 Å². The number of halogens is 2. The van der Waals surface area contributed by atoms with Crippen LogP contribution >= 0.6 is 27.5 Å². The van der Waals surface area contributed by atoms with E-state index in [4.69, 9.17) is 11.6 Å². The average Bonchev–Trinajstić information content (AvgIpc) is 2.34.